The van der Waals surface area contributed by atoms with Crippen LogP contribution in [0.1, 0.15) is 49.0 Å². The number of hydrogen-bond acceptors (Lipinski definition) is 5. The van der Waals surface area contributed by atoms with Crippen molar-refractivity contribution in [1.29, 1.82) is 0 Å². The van der Waals surface area contributed by atoms with Gasteiger partial charge in [-0.05, 0) is 57.6 Å². The van der Waals surface area contributed by atoms with Gasteiger partial charge in [-0.25, -0.2) is 0 Å². The number of rotatable bonds is 7. The molecule has 0 bridgehead atoms. The molecule has 2 heterocycles. The van der Waals surface area contributed by atoms with E-state index in [2.05, 4.69) is 18.7 Å². The molecule has 0 saturated carbocycles. The summed E-state index contributed by atoms with van der Waals surface area (Å²) >= 11 is 0. The van der Waals surface area contributed by atoms with Crippen LogP contribution in [0.4, 0.5) is 0 Å². The van der Waals surface area contributed by atoms with Gasteiger partial charge in [-0.2, -0.15) is 0 Å². The van der Waals surface area contributed by atoms with Gasteiger partial charge >= 0.3 is 0 Å². The predicted molar refractivity (Wildman–Crippen MR) is 113 cm³/mol. The number of nitrogens with zero attached hydrogens (tertiary/aromatic N) is 2. The number of amides is 1. The van der Waals surface area contributed by atoms with Crippen molar-refractivity contribution in [2.24, 2.45) is 5.41 Å². The Morgan fingerprint density at radius 2 is 2.10 bits per heavy atom. The molecule has 2 aliphatic rings. The third kappa shape index (κ3) is 5.30. The summed E-state index contributed by atoms with van der Waals surface area (Å²) < 4.78 is 11.4. The standard InChI is InChI=1S/C23H36N2O4/c1-17(2)25(11-12-28-4)15-19-14-23(16-29-19)7-9-24(10-8-23)22(27)20-13-18(3)5-6-21(20)26/h5-6,13,17,19,26H,7-12,14-16H2,1-4H3/t19-/m0/s1. The van der Waals surface area contributed by atoms with Gasteiger partial charge in [-0.3, -0.25) is 9.69 Å². The van der Waals surface area contributed by atoms with Gasteiger partial charge in [0.05, 0.1) is 24.9 Å². The highest BCUT2D eigenvalue weighted by atomic mass is 16.5. The lowest BCUT2D eigenvalue weighted by Crippen LogP contribution is -2.44. The van der Waals surface area contributed by atoms with Crippen LogP contribution in [0.15, 0.2) is 18.2 Å². The lowest BCUT2D eigenvalue weighted by molar-refractivity contribution is 0.0365. The molecule has 6 nitrogen and oxygen atoms in total. The third-order valence-corrected chi connectivity index (χ3v) is 6.53. The van der Waals surface area contributed by atoms with E-state index in [1.54, 1.807) is 19.2 Å². The van der Waals surface area contributed by atoms with Crippen molar-refractivity contribution >= 4 is 5.91 Å². The fourth-order valence-electron chi connectivity index (χ4n) is 4.57. The first-order chi connectivity index (χ1) is 13.8. The number of aromatic hydroxyl groups is 1. The molecule has 2 fully saturated rings. The predicted octanol–water partition coefficient (Wildman–Crippen LogP) is 3.07. The SMILES string of the molecule is COCCN(C[C@@H]1CC2(CCN(C(=O)c3cc(C)ccc3O)CC2)CO1)C(C)C. The molecular weight excluding hydrogens is 368 g/mol. The summed E-state index contributed by atoms with van der Waals surface area (Å²) in [5.41, 5.74) is 1.57. The molecular formula is C23H36N2O4. The first-order valence-corrected chi connectivity index (χ1v) is 10.8. The summed E-state index contributed by atoms with van der Waals surface area (Å²) in [5.74, 6) is -0.00273. The number of methoxy groups -OCH3 is 1. The van der Waals surface area contributed by atoms with Crippen molar-refractivity contribution in [2.45, 2.75) is 52.2 Å². The van der Waals surface area contributed by atoms with Crippen LogP contribution in [-0.2, 0) is 9.47 Å². The van der Waals surface area contributed by atoms with Gasteiger partial charge in [0.2, 0.25) is 0 Å². The minimum absolute atomic E-state index is 0.0648. The Bertz CT molecular complexity index is 698. The van der Waals surface area contributed by atoms with Crippen LogP contribution in [0.3, 0.4) is 0 Å². The Labute approximate surface area is 174 Å². The zero-order chi connectivity index (χ0) is 21.0. The molecule has 1 aromatic rings. The fraction of sp³-hybridized carbons (Fsp3) is 0.696. The maximum Gasteiger partial charge on any atom is 0.257 e. The second-order valence-corrected chi connectivity index (χ2v) is 9.03. The van der Waals surface area contributed by atoms with E-state index in [1.807, 2.05) is 17.9 Å². The Morgan fingerprint density at radius 3 is 2.76 bits per heavy atom. The zero-order valence-corrected chi connectivity index (χ0v) is 18.3. The Balaban J connectivity index is 1.55. The molecule has 0 aromatic heterocycles. The van der Waals surface area contributed by atoms with E-state index in [1.165, 1.54) is 0 Å². The second kappa shape index (κ2) is 9.45. The lowest BCUT2D eigenvalue weighted by atomic mass is 9.76. The van der Waals surface area contributed by atoms with Crippen molar-refractivity contribution in [3.8, 4) is 5.75 Å². The van der Waals surface area contributed by atoms with Crippen LogP contribution in [0, 0.1) is 12.3 Å². The molecule has 0 unspecified atom stereocenters. The van der Waals surface area contributed by atoms with Crippen molar-refractivity contribution < 1.29 is 19.4 Å². The van der Waals surface area contributed by atoms with Crippen LogP contribution < -0.4 is 0 Å². The summed E-state index contributed by atoms with van der Waals surface area (Å²) in [6.07, 6.45) is 3.22. The summed E-state index contributed by atoms with van der Waals surface area (Å²) in [4.78, 5) is 17.2. The molecule has 3 rings (SSSR count). The number of aryl methyl sites for hydroxylation is 1. The summed E-state index contributed by atoms with van der Waals surface area (Å²) in [5, 5.41) is 10.1. The fourth-order valence-corrected chi connectivity index (χ4v) is 4.57. The molecule has 1 spiro atoms. The van der Waals surface area contributed by atoms with Gasteiger partial charge in [0.1, 0.15) is 5.75 Å². The molecule has 162 valence electrons. The average molecular weight is 405 g/mol. The molecule has 2 saturated heterocycles. The molecule has 1 aromatic carbocycles. The van der Waals surface area contributed by atoms with E-state index in [-0.39, 0.29) is 23.2 Å². The van der Waals surface area contributed by atoms with E-state index in [0.717, 1.165) is 64.2 Å². The van der Waals surface area contributed by atoms with Crippen LogP contribution >= 0.6 is 0 Å². The van der Waals surface area contributed by atoms with Gasteiger partial charge in [-0.15, -0.1) is 0 Å². The first-order valence-electron chi connectivity index (χ1n) is 10.8. The lowest BCUT2D eigenvalue weighted by Gasteiger charge is -2.38. The number of benzene rings is 1. The number of phenolic OH excluding ortho intramolecular Hbond substituents is 1. The van der Waals surface area contributed by atoms with Crippen molar-refractivity contribution in [3.05, 3.63) is 29.3 Å². The van der Waals surface area contributed by atoms with E-state index in [9.17, 15) is 9.90 Å². The highest BCUT2D eigenvalue weighted by Crippen LogP contribution is 2.42. The average Bonchev–Trinajstić information content (AvgIpc) is 3.09. The van der Waals surface area contributed by atoms with Crippen LogP contribution in [0.5, 0.6) is 5.75 Å². The molecule has 2 aliphatic heterocycles. The maximum atomic E-state index is 12.9. The Hall–Kier alpha value is -1.63. The quantitative estimate of drug-likeness (QED) is 0.757. The van der Waals surface area contributed by atoms with Gasteiger partial charge in [0.25, 0.3) is 5.91 Å². The highest BCUT2D eigenvalue weighted by Gasteiger charge is 2.43. The number of piperidine rings is 1. The van der Waals surface area contributed by atoms with E-state index < -0.39 is 0 Å². The highest BCUT2D eigenvalue weighted by molar-refractivity contribution is 5.97. The molecule has 1 atom stereocenters. The van der Waals surface area contributed by atoms with Gasteiger partial charge in [-0.1, -0.05) is 11.6 Å². The molecule has 0 radical (unpaired) electrons. The van der Waals surface area contributed by atoms with Crippen molar-refractivity contribution in [3.63, 3.8) is 0 Å². The number of likely N-dealkylation sites (tertiary alicyclic amines) is 1. The topological polar surface area (TPSA) is 62.2 Å². The van der Waals surface area contributed by atoms with Crippen LogP contribution in [-0.4, -0.2) is 79.5 Å². The number of carbonyl (C=O) groups excluding carboxylic acids is 1. The maximum absolute atomic E-state index is 12.9. The van der Waals surface area contributed by atoms with Crippen LogP contribution in [0.25, 0.3) is 0 Å². The summed E-state index contributed by atoms with van der Waals surface area (Å²) in [6, 6.07) is 5.66. The number of phenols is 1. The van der Waals surface area contributed by atoms with Crippen molar-refractivity contribution in [1.82, 2.24) is 9.80 Å². The smallest absolute Gasteiger partial charge is 0.257 e. The van der Waals surface area contributed by atoms with E-state index in [0.29, 0.717) is 11.6 Å². The number of ether oxygens (including phenoxy) is 2. The van der Waals surface area contributed by atoms with Gasteiger partial charge in [0.15, 0.2) is 0 Å². The molecule has 6 heteroatoms. The molecule has 29 heavy (non-hydrogen) atoms. The monoisotopic (exact) mass is 404 g/mol. The minimum Gasteiger partial charge on any atom is -0.507 e. The van der Waals surface area contributed by atoms with E-state index in [4.69, 9.17) is 9.47 Å². The minimum atomic E-state index is -0.0675. The molecule has 1 amide bonds. The normalized spacial score (nSPS) is 21.4. The van der Waals surface area contributed by atoms with Gasteiger partial charge in [0, 0.05) is 39.3 Å². The molecule has 0 aliphatic carbocycles. The van der Waals surface area contributed by atoms with Gasteiger partial charge < -0.3 is 19.5 Å². The largest absolute Gasteiger partial charge is 0.507 e. The second-order valence-electron chi connectivity index (χ2n) is 9.03. The Morgan fingerprint density at radius 1 is 1.38 bits per heavy atom. The van der Waals surface area contributed by atoms with E-state index >= 15 is 0 Å². The van der Waals surface area contributed by atoms with Crippen molar-refractivity contribution in [2.75, 3.05) is 46.5 Å². The Kier molecular flexibility index (Phi) is 7.19. The first kappa shape index (κ1) is 22.1. The molecule has 1 N–H and O–H groups in total. The summed E-state index contributed by atoms with van der Waals surface area (Å²) in [7, 11) is 1.74. The third-order valence-electron chi connectivity index (χ3n) is 6.53. The summed E-state index contributed by atoms with van der Waals surface area (Å²) in [6.45, 7) is 11.2. The zero-order valence-electron chi connectivity index (χ0n) is 18.3. The number of carbonyl (C=O) groups is 1. The number of hydrogen-bond donors (Lipinski definition) is 1. The van der Waals surface area contributed by atoms with Crippen LogP contribution in [0.2, 0.25) is 0 Å².